The summed E-state index contributed by atoms with van der Waals surface area (Å²) in [6.45, 7) is 0.798. The van der Waals surface area contributed by atoms with Gasteiger partial charge in [0.05, 0.1) is 17.2 Å². The van der Waals surface area contributed by atoms with Crippen LogP contribution >= 0.6 is 0 Å². The summed E-state index contributed by atoms with van der Waals surface area (Å²) in [6, 6.07) is 4.89. The molecular weight excluding hydrogens is 271 g/mol. The number of alkyl halides is 3. The third-order valence-corrected chi connectivity index (χ3v) is 3.46. The molecule has 1 saturated heterocycles. The molecule has 1 aliphatic heterocycles. The van der Waals surface area contributed by atoms with E-state index in [1.165, 1.54) is 23.1 Å². The summed E-state index contributed by atoms with van der Waals surface area (Å²) in [5.41, 5.74) is -1.18. The minimum Gasteiger partial charge on any atom is -0.380 e. The summed E-state index contributed by atoms with van der Waals surface area (Å²) in [5.74, 6) is -0.584. The van der Waals surface area contributed by atoms with Crippen molar-refractivity contribution >= 4 is 5.91 Å². The van der Waals surface area contributed by atoms with E-state index in [9.17, 15) is 18.0 Å². The molecule has 1 atom stereocenters. The molecule has 0 aromatic heterocycles. The van der Waals surface area contributed by atoms with Crippen LogP contribution in [0.25, 0.3) is 0 Å². The summed E-state index contributed by atoms with van der Waals surface area (Å²) in [6.07, 6.45) is -3.08. The van der Waals surface area contributed by atoms with Crippen molar-refractivity contribution in [3.05, 3.63) is 35.4 Å². The van der Waals surface area contributed by atoms with E-state index in [1.807, 2.05) is 0 Å². The molecule has 1 amide bonds. The molecule has 0 radical (unpaired) electrons. The molecule has 1 aromatic rings. The fraction of sp³-hybridized carbons (Fsp3) is 0.500. The molecule has 0 saturated carbocycles. The maximum Gasteiger partial charge on any atom is 0.417 e. The second-order valence-electron chi connectivity index (χ2n) is 4.79. The molecular formula is C14H16F3NO2. The number of hydrogen-bond donors (Lipinski definition) is 0. The van der Waals surface area contributed by atoms with E-state index in [2.05, 4.69) is 0 Å². The van der Waals surface area contributed by atoms with Crippen molar-refractivity contribution < 1.29 is 22.7 Å². The molecule has 3 nitrogen and oxygen atoms in total. The summed E-state index contributed by atoms with van der Waals surface area (Å²) in [4.78, 5) is 13.7. The third kappa shape index (κ3) is 3.12. The van der Waals surface area contributed by atoms with Crippen LogP contribution in [-0.2, 0) is 10.9 Å². The van der Waals surface area contributed by atoms with Crippen molar-refractivity contribution in [3.8, 4) is 0 Å². The first-order valence-electron chi connectivity index (χ1n) is 6.41. The van der Waals surface area contributed by atoms with Crippen LogP contribution in [0.5, 0.6) is 0 Å². The smallest absolute Gasteiger partial charge is 0.380 e. The van der Waals surface area contributed by atoms with Gasteiger partial charge in [-0.2, -0.15) is 13.2 Å². The zero-order valence-corrected chi connectivity index (χ0v) is 11.1. The molecule has 110 valence electrons. The van der Waals surface area contributed by atoms with Gasteiger partial charge < -0.3 is 9.64 Å². The van der Waals surface area contributed by atoms with Crippen LogP contribution in [0.3, 0.4) is 0 Å². The number of rotatable bonds is 2. The Morgan fingerprint density at radius 2 is 2.05 bits per heavy atom. The number of carbonyl (C=O) groups is 1. The van der Waals surface area contributed by atoms with Crippen LogP contribution in [0.15, 0.2) is 24.3 Å². The predicted octanol–water partition coefficient (Wildman–Crippen LogP) is 2.96. The molecule has 1 aromatic carbocycles. The van der Waals surface area contributed by atoms with Crippen LogP contribution in [0.4, 0.5) is 13.2 Å². The second-order valence-corrected chi connectivity index (χ2v) is 4.79. The fourth-order valence-electron chi connectivity index (χ4n) is 2.40. The highest BCUT2D eigenvalue weighted by molar-refractivity contribution is 5.96. The Morgan fingerprint density at radius 3 is 2.70 bits per heavy atom. The third-order valence-electron chi connectivity index (χ3n) is 3.46. The average molecular weight is 287 g/mol. The van der Waals surface area contributed by atoms with E-state index in [0.29, 0.717) is 13.1 Å². The van der Waals surface area contributed by atoms with Gasteiger partial charge in [-0.3, -0.25) is 4.79 Å². The molecule has 1 aliphatic rings. The summed E-state index contributed by atoms with van der Waals surface area (Å²) >= 11 is 0. The van der Waals surface area contributed by atoms with E-state index in [-0.39, 0.29) is 11.7 Å². The van der Waals surface area contributed by atoms with Crippen molar-refractivity contribution in [1.29, 1.82) is 0 Å². The van der Waals surface area contributed by atoms with Gasteiger partial charge in [0.2, 0.25) is 0 Å². The Morgan fingerprint density at radius 1 is 1.35 bits per heavy atom. The summed E-state index contributed by atoms with van der Waals surface area (Å²) in [7, 11) is 1.54. The van der Waals surface area contributed by atoms with Gasteiger partial charge in [-0.05, 0) is 25.0 Å². The van der Waals surface area contributed by atoms with Gasteiger partial charge in [0.15, 0.2) is 0 Å². The van der Waals surface area contributed by atoms with Crippen molar-refractivity contribution in [2.75, 3.05) is 20.2 Å². The van der Waals surface area contributed by atoms with Gasteiger partial charge in [-0.25, -0.2) is 0 Å². The van der Waals surface area contributed by atoms with Gasteiger partial charge >= 0.3 is 6.18 Å². The molecule has 6 heteroatoms. The Labute approximate surface area is 115 Å². The van der Waals surface area contributed by atoms with Crippen LogP contribution in [0.1, 0.15) is 28.8 Å². The molecule has 20 heavy (non-hydrogen) atoms. The van der Waals surface area contributed by atoms with E-state index in [4.69, 9.17) is 4.74 Å². The van der Waals surface area contributed by atoms with Gasteiger partial charge in [0, 0.05) is 20.2 Å². The first-order chi connectivity index (χ1) is 9.43. The molecule has 0 N–H and O–H groups in total. The maximum absolute atomic E-state index is 12.9. The molecule has 1 heterocycles. The zero-order valence-electron chi connectivity index (χ0n) is 11.1. The number of carbonyl (C=O) groups excluding carboxylic acids is 1. The van der Waals surface area contributed by atoms with E-state index in [0.717, 1.165) is 18.9 Å². The lowest BCUT2D eigenvalue weighted by molar-refractivity contribution is -0.138. The SMILES string of the molecule is COC1CCCN(C(=O)c2ccccc2C(F)(F)F)C1. The molecule has 0 aliphatic carbocycles. The van der Waals surface area contributed by atoms with Crippen LogP contribution in [-0.4, -0.2) is 37.1 Å². The van der Waals surface area contributed by atoms with Gasteiger partial charge in [-0.15, -0.1) is 0 Å². The minimum absolute atomic E-state index is 0.106. The summed E-state index contributed by atoms with van der Waals surface area (Å²) in [5, 5.41) is 0. The molecule has 0 bridgehead atoms. The number of methoxy groups -OCH3 is 1. The minimum atomic E-state index is -4.53. The highest BCUT2D eigenvalue weighted by Crippen LogP contribution is 2.32. The first-order valence-corrected chi connectivity index (χ1v) is 6.41. The number of hydrogen-bond acceptors (Lipinski definition) is 2. The summed E-state index contributed by atoms with van der Waals surface area (Å²) < 4.78 is 44.0. The number of ether oxygens (including phenoxy) is 1. The van der Waals surface area contributed by atoms with Gasteiger partial charge in [-0.1, -0.05) is 12.1 Å². The van der Waals surface area contributed by atoms with Crippen molar-refractivity contribution in [2.24, 2.45) is 0 Å². The lowest BCUT2D eigenvalue weighted by atomic mass is 10.0. The Bertz CT molecular complexity index is 488. The fourth-order valence-corrected chi connectivity index (χ4v) is 2.40. The number of nitrogens with zero attached hydrogens (tertiary/aromatic N) is 1. The molecule has 1 unspecified atom stereocenters. The quantitative estimate of drug-likeness (QED) is 0.837. The number of halogens is 3. The Hall–Kier alpha value is -1.56. The lowest BCUT2D eigenvalue weighted by Gasteiger charge is -2.32. The zero-order chi connectivity index (χ0) is 14.8. The maximum atomic E-state index is 12.9. The van der Waals surface area contributed by atoms with Crippen LogP contribution in [0.2, 0.25) is 0 Å². The first kappa shape index (κ1) is 14.8. The van der Waals surface area contributed by atoms with Crippen LogP contribution < -0.4 is 0 Å². The van der Waals surface area contributed by atoms with E-state index < -0.39 is 17.6 Å². The normalized spacial score (nSPS) is 20.0. The van der Waals surface area contributed by atoms with Gasteiger partial charge in [0.1, 0.15) is 0 Å². The van der Waals surface area contributed by atoms with Crippen molar-refractivity contribution in [3.63, 3.8) is 0 Å². The van der Waals surface area contributed by atoms with Crippen LogP contribution in [0, 0.1) is 0 Å². The highest BCUT2D eigenvalue weighted by atomic mass is 19.4. The number of benzene rings is 1. The largest absolute Gasteiger partial charge is 0.417 e. The highest BCUT2D eigenvalue weighted by Gasteiger charge is 2.36. The second kappa shape index (κ2) is 5.83. The average Bonchev–Trinajstić information content (AvgIpc) is 2.45. The predicted molar refractivity (Wildman–Crippen MR) is 67.4 cm³/mol. The number of likely N-dealkylation sites (tertiary alicyclic amines) is 1. The standard InChI is InChI=1S/C14H16F3NO2/c1-20-10-5-4-8-18(9-10)13(19)11-6-2-3-7-12(11)14(15,16)17/h2-3,6-7,10H,4-5,8-9H2,1H3. The Kier molecular flexibility index (Phi) is 4.32. The molecule has 2 rings (SSSR count). The monoisotopic (exact) mass is 287 g/mol. The lowest BCUT2D eigenvalue weighted by Crippen LogP contribution is -2.43. The van der Waals surface area contributed by atoms with Crippen molar-refractivity contribution in [1.82, 2.24) is 4.90 Å². The molecule has 1 fully saturated rings. The molecule has 0 spiro atoms. The van der Waals surface area contributed by atoms with E-state index >= 15 is 0 Å². The van der Waals surface area contributed by atoms with Gasteiger partial charge in [0.25, 0.3) is 5.91 Å². The Balaban J connectivity index is 2.25. The topological polar surface area (TPSA) is 29.5 Å². The van der Waals surface area contributed by atoms with Crippen molar-refractivity contribution in [2.45, 2.75) is 25.1 Å². The number of amides is 1. The number of piperidine rings is 1. The van der Waals surface area contributed by atoms with E-state index in [1.54, 1.807) is 7.11 Å².